The van der Waals surface area contributed by atoms with Crippen molar-refractivity contribution in [3.63, 3.8) is 0 Å². The Morgan fingerprint density at radius 2 is 2.29 bits per heavy atom. The minimum atomic E-state index is 0.309. The first kappa shape index (κ1) is 11.7. The van der Waals surface area contributed by atoms with Crippen LogP contribution in [-0.2, 0) is 9.53 Å². The monoisotopic (exact) mass is 199 g/mol. The topological polar surface area (TPSA) is 29.5 Å². The first-order valence-corrected chi connectivity index (χ1v) is 5.54. The quantitative estimate of drug-likeness (QED) is 0.671. The molecule has 0 aromatic carbocycles. The molecule has 1 atom stereocenters. The molecule has 1 rings (SSSR count). The Balaban J connectivity index is 2.18. The normalized spacial score (nSPS) is 22.6. The van der Waals surface area contributed by atoms with E-state index in [1.165, 1.54) is 12.8 Å². The molecule has 1 saturated heterocycles. The average Bonchev–Trinajstić information content (AvgIpc) is 2.19. The van der Waals surface area contributed by atoms with E-state index in [9.17, 15) is 4.79 Å². The third kappa shape index (κ3) is 4.20. The van der Waals surface area contributed by atoms with Crippen LogP contribution in [0.25, 0.3) is 0 Å². The molecule has 0 amide bonds. The van der Waals surface area contributed by atoms with E-state index in [-0.39, 0.29) is 0 Å². The molecular formula is C11H21NO2. The van der Waals surface area contributed by atoms with Gasteiger partial charge in [0.15, 0.2) is 0 Å². The summed E-state index contributed by atoms with van der Waals surface area (Å²) in [6.45, 7) is 4.26. The number of rotatable bonds is 5. The molecule has 3 heteroatoms. The lowest BCUT2D eigenvalue weighted by Gasteiger charge is -2.26. The minimum absolute atomic E-state index is 0.309. The van der Waals surface area contributed by atoms with Gasteiger partial charge in [0.1, 0.15) is 5.78 Å². The van der Waals surface area contributed by atoms with Crippen LogP contribution in [-0.4, -0.2) is 43.5 Å². The van der Waals surface area contributed by atoms with E-state index in [4.69, 9.17) is 4.74 Å². The fourth-order valence-electron chi connectivity index (χ4n) is 1.78. The highest BCUT2D eigenvalue weighted by atomic mass is 16.5. The number of hydrogen-bond acceptors (Lipinski definition) is 3. The number of nitrogens with zero attached hydrogens (tertiary/aromatic N) is 1. The Bertz CT molecular complexity index is 176. The zero-order valence-corrected chi connectivity index (χ0v) is 9.29. The highest BCUT2D eigenvalue weighted by molar-refractivity contribution is 5.80. The molecule has 1 unspecified atom stereocenters. The largest absolute Gasteiger partial charge is 0.377 e. The first-order valence-electron chi connectivity index (χ1n) is 5.54. The van der Waals surface area contributed by atoms with Crippen molar-refractivity contribution in [1.29, 1.82) is 0 Å². The maximum absolute atomic E-state index is 11.2. The van der Waals surface area contributed by atoms with E-state index >= 15 is 0 Å². The van der Waals surface area contributed by atoms with Crippen molar-refractivity contribution in [2.75, 3.05) is 26.7 Å². The van der Waals surface area contributed by atoms with Gasteiger partial charge in [-0.25, -0.2) is 0 Å². The van der Waals surface area contributed by atoms with Gasteiger partial charge in [-0.15, -0.1) is 0 Å². The van der Waals surface area contributed by atoms with Gasteiger partial charge in [0.05, 0.1) is 12.6 Å². The van der Waals surface area contributed by atoms with Crippen LogP contribution in [0.15, 0.2) is 0 Å². The van der Waals surface area contributed by atoms with Crippen LogP contribution in [0.4, 0.5) is 0 Å². The van der Waals surface area contributed by atoms with Crippen molar-refractivity contribution in [2.45, 2.75) is 38.7 Å². The lowest BCUT2D eigenvalue weighted by Crippen LogP contribution is -2.36. The van der Waals surface area contributed by atoms with Gasteiger partial charge in [0.25, 0.3) is 0 Å². The molecule has 1 heterocycles. The van der Waals surface area contributed by atoms with Gasteiger partial charge in [-0.3, -0.25) is 9.69 Å². The van der Waals surface area contributed by atoms with E-state index in [0.717, 1.165) is 19.6 Å². The molecule has 0 bridgehead atoms. The molecule has 3 nitrogen and oxygen atoms in total. The molecule has 14 heavy (non-hydrogen) atoms. The van der Waals surface area contributed by atoms with E-state index < -0.39 is 0 Å². The van der Waals surface area contributed by atoms with Crippen LogP contribution in [0, 0.1) is 0 Å². The minimum Gasteiger partial charge on any atom is -0.377 e. The second kappa shape index (κ2) is 6.14. The molecule has 0 aromatic heterocycles. The van der Waals surface area contributed by atoms with Crippen molar-refractivity contribution in [3.05, 3.63) is 0 Å². The standard InChI is InChI=1S/C11H21NO2/c1-3-10(13)8-12(2)9-11-6-4-5-7-14-11/h11H,3-9H2,1-2H3. The maximum atomic E-state index is 11.2. The van der Waals surface area contributed by atoms with Gasteiger partial charge in [-0.1, -0.05) is 6.92 Å². The smallest absolute Gasteiger partial charge is 0.146 e. The van der Waals surface area contributed by atoms with Crippen LogP contribution < -0.4 is 0 Å². The Labute approximate surface area is 86.4 Å². The van der Waals surface area contributed by atoms with Crippen LogP contribution in [0.3, 0.4) is 0 Å². The van der Waals surface area contributed by atoms with Crippen molar-refractivity contribution < 1.29 is 9.53 Å². The van der Waals surface area contributed by atoms with Crippen LogP contribution in [0.5, 0.6) is 0 Å². The third-order valence-electron chi connectivity index (χ3n) is 2.63. The Morgan fingerprint density at radius 3 is 2.86 bits per heavy atom. The Morgan fingerprint density at radius 1 is 1.50 bits per heavy atom. The van der Waals surface area contributed by atoms with Gasteiger partial charge in [0.2, 0.25) is 0 Å². The average molecular weight is 199 g/mol. The summed E-state index contributed by atoms with van der Waals surface area (Å²) in [5, 5.41) is 0. The summed E-state index contributed by atoms with van der Waals surface area (Å²) in [7, 11) is 1.99. The molecule has 1 fully saturated rings. The third-order valence-corrected chi connectivity index (χ3v) is 2.63. The van der Waals surface area contributed by atoms with Crippen molar-refractivity contribution >= 4 is 5.78 Å². The van der Waals surface area contributed by atoms with Crippen LogP contribution in [0.2, 0.25) is 0 Å². The summed E-state index contributed by atoms with van der Waals surface area (Å²) in [6, 6.07) is 0. The van der Waals surface area contributed by atoms with Gasteiger partial charge in [0, 0.05) is 19.6 Å². The Kier molecular flexibility index (Phi) is 5.12. The second-order valence-electron chi connectivity index (χ2n) is 4.08. The maximum Gasteiger partial charge on any atom is 0.146 e. The molecule has 0 radical (unpaired) electrons. The van der Waals surface area contributed by atoms with E-state index in [1.54, 1.807) is 0 Å². The summed E-state index contributed by atoms with van der Waals surface area (Å²) in [6.07, 6.45) is 4.58. The zero-order valence-electron chi connectivity index (χ0n) is 9.29. The number of ether oxygens (including phenoxy) is 1. The second-order valence-corrected chi connectivity index (χ2v) is 4.08. The summed E-state index contributed by atoms with van der Waals surface area (Å²) < 4.78 is 5.61. The molecule has 0 aromatic rings. The summed E-state index contributed by atoms with van der Waals surface area (Å²) in [5.41, 5.74) is 0. The predicted octanol–water partition coefficient (Wildman–Crippen LogP) is 1.47. The summed E-state index contributed by atoms with van der Waals surface area (Å²) >= 11 is 0. The molecule has 1 aliphatic rings. The number of likely N-dealkylation sites (N-methyl/N-ethyl adjacent to an activating group) is 1. The highest BCUT2D eigenvalue weighted by Crippen LogP contribution is 2.13. The van der Waals surface area contributed by atoms with E-state index in [0.29, 0.717) is 24.9 Å². The van der Waals surface area contributed by atoms with Gasteiger partial charge in [-0.05, 0) is 26.3 Å². The van der Waals surface area contributed by atoms with Gasteiger partial charge >= 0.3 is 0 Å². The lowest BCUT2D eigenvalue weighted by molar-refractivity contribution is -0.120. The SMILES string of the molecule is CCC(=O)CN(C)CC1CCCCO1. The summed E-state index contributed by atoms with van der Waals surface area (Å²) in [5.74, 6) is 0.309. The molecule has 0 aliphatic carbocycles. The van der Waals surface area contributed by atoms with Crippen molar-refractivity contribution in [1.82, 2.24) is 4.90 Å². The fourth-order valence-corrected chi connectivity index (χ4v) is 1.78. The lowest BCUT2D eigenvalue weighted by atomic mass is 10.1. The zero-order chi connectivity index (χ0) is 10.4. The molecule has 0 saturated carbocycles. The van der Waals surface area contributed by atoms with Crippen LogP contribution >= 0.6 is 0 Å². The van der Waals surface area contributed by atoms with E-state index in [1.807, 2.05) is 14.0 Å². The Hall–Kier alpha value is -0.410. The van der Waals surface area contributed by atoms with Crippen molar-refractivity contribution in [2.24, 2.45) is 0 Å². The van der Waals surface area contributed by atoms with Gasteiger partial charge < -0.3 is 4.74 Å². The molecule has 0 N–H and O–H groups in total. The van der Waals surface area contributed by atoms with Gasteiger partial charge in [-0.2, -0.15) is 0 Å². The number of Topliss-reactive ketones (excluding diaryl/α,β-unsaturated/α-hetero) is 1. The number of carbonyl (C=O) groups is 1. The summed E-state index contributed by atoms with van der Waals surface area (Å²) in [4.78, 5) is 13.3. The first-order chi connectivity index (χ1) is 6.72. The molecular weight excluding hydrogens is 178 g/mol. The molecule has 82 valence electrons. The van der Waals surface area contributed by atoms with Crippen LogP contribution in [0.1, 0.15) is 32.6 Å². The predicted molar refractivity (Wildman–Crippen MR) is 56.4 cm³/mol. The number of hydrogen-bond donors (Lipinski definition) is 0. The molecule has 0 spiro atoms. The van der Waals surface area contributed by atoms with Crippen molar-refractivity contribution in [3.8, 4) is 0 Å². The number of ketones is 1. The number of carbonyl (C=O) groups excluding carboxylic acids is 1. The fraction of sp³-hybridized carbons (Fsp3) is 0.909. The molecule has 1 aliphatic heterocycles. The highest BCUT2D eigenvalue weighted by Gasteiger charge is 2.16. The van der Waals surface area contributed by atoms with E-state index in [2.05, 4.69) is 4.90 Å².